The molecule has 0 aromatic rings. The van der Waals surface area contributed by atoms with Gasteiger partial charge in [0.05, 0.1) is 0 Å². The van der Waals surface area contributed by atoms with Gasteiger partial charge in [-0.1, -0.05) is 26.3 Å². The zero-order valence-electron chi connectivity index (χ0n) is 16.5. The molecule has 8 atom stereocenters. The molecule has 26 heavy (non-hydrogen) atoms. The summed E-state index contributed by atoms with van der Waals surface area (Å²) in [6.45, 7) is 7.28. The number of allylic oxidation sites excluding steroid dienone is 2. The summed E-state index contributed by atoms with van der Waals surface area (Å²) >= 11 is 0. The van der Waals surface area contributed by atoms with Crippen LogP contribution < -0.4 is 0 Å². The van der Waals surface area contributed by atoms with E-state index < -0.39 is 0 Å². The first-order valence-electron chi connectivity index (χ1n) is 10.9. The Balaban J connectivity index is 1.52. The largest absolute Gasteiger partial charge is 0.458 e. The second kappa shape index (κ2) is 5.45. The molecule has 4 fully saturated rings. The quantitative estimate of drug-likeness (QED) is 0.611. The van der Waals surface area contributed by atoms with Crippen molar-refractivity contribution in [3.63, 3.8) is 0 Å². The van der Waals surface area contributed by atoms with Gasteiger partial charge in [-0.05, 0) is 86.5 Å². The zero-order valence-corrected chi connectivity index (χ0v) is 16.5. The third-order valence-electron chi connectivity index (χ3n) is 9.30. The van der Waals surface area contributed by atoms with Crippen LogP contribution in [-0.2, 0) is 9.53 Å². The molecule has 0 amide bonds. The van der Waals surface area contributed by atoms with Crippen molar-refractivity contribution < 1.29 is 9.53 Å². The lowest BCUT2D eigenvalue weighted by atomic mass is 9.48. The van der Waals surface area contributed by atoms with Gasteiger partial charge in [-0.25, -0.2) is 0 Å². The van der Waals surface area contributed by atoms with Crippen molar-refractivity contribution >= 4 is 11.7 Å². The molecule has 1 saturated heterocycles. The lowest BCUT2D eigenvalue weighted by molar-refractivity contribution is -0.166. The second-order valence-electron chi connectivity index (χ2n) is 10.4. The highest BCUT2D eigenvalue weighted by molar-refractivity contribution is 5.93. The maximum absolute atomic E-state index is 12.0. The van der Waals surface area contributed by atoms with Crippen LogP contribution in [0.25, 0.3) is 0 Å². The van der Waals surface area contributed by atoms with E-state index in [1.807, 2.05) is 0 Å². The Hall–Kier alpha value is -1.12. The average molecular weight is 356 g/mol. The predicted octanol–water partition coefficient (Wildman–Crippen LogP) is 5.15. The number of carbonyl (C=O) groups excluding carboxylic acids is 1. The van der Waals surface area contributed by atoms with Gasteiger partial charge < -0.3 is 10.1 Å². The van der Waals surface area contributed by atoms with Gasteiger partial charge >= 0.3 is 5.97 Å². The van der Waals surface area contributed by atoms with Crippen molar-refractivity contribution in [3.8, 4) is 0 Å². The summed E-state index contributed by atoms with van der Waals surface area (Å²) < 4.78 is 6.10. The highest BCUT2D eigenvalue weighted by atomic mass is 16.6. The molecule has 3 saturated carbocycles. The summed E-state index contributed by atoms with van der Waals surface area (Å²) in [5.41, 5.74) is 2.42. The Morgan fingerprint density at radius 1 is 1.15 bits per heavy atom. The van der Waals surface area contributed by atoms with Crippen molar-refractivity contribution in [2.75, 3.05) is 0 Å². The molecule has 3 nitrogen and oxygen atoms in total. The lowest BCUT2D eigenvalue weighted by Crippen LogP contribution is -2.53. The number of hydrogen-bond acceptors (Lipinski definition) is 3. The molecule has 0 radical (unpaired) electrons. The van der Waals surface area contributed by atoms with Crippen LogP contribution in [-0.4, -0.2) is 17.3 Å². The fourth-order valence-electron chi connectivity index (χ4n) is 8.41. The first-order valence-corrected chi connectivity index (χ1v) is 10.9. The summed E-state index contributed by atoms with van der Waals surface area (Å²) in [6.07, 6.45) is 10.8. The number of carbonyl (C=O) groups is 1. The van der Waals surface area contributed by atoms with Crippen molar-refractivity contribution in [3.05, 3.63) is 11.6 Å². The Labute approximate surface area is 157 Å². The van der Waals surface area contributed by atoms with E-state index in [0.717, 1.165) is 36.8 Å². The van der Waals surface area contributed by atoms with Crippen molar-refractivity contribution in [1.29, 1.82) is 5.41 Å². The summed E-state index contributed by atoms with van der Waals surface area (Å²) in [5.74, 6) is 4.26. The minimum Gasteiger partial charge on any atom is -0.458 e. The summed E-state index contributed by atoms with van der Waals surface area (Å²) in [5, 5.41) is 8.12. The number of esters is 1. The Kier molecular flexibility index (Phi) is 3.57. The lowest BCUT2D eigenvalue weighted by Gasteiger charge is -2.57. The molecule has 8 unspecified atom stereocenters. The van der Waals surface area contributed by atoms with Gasteiger partial charge in [0.25, 0.3) is 0 Å². The first-order chi connectivity index (χ1) is 12.3. The van der Waals surface area contributed by atoms with Crippen LogP contribution in [0.3, 0.4) is 0 Å². The Morgan fingerprint density at radius 3 is 2.69 bits per heavy atom. The molecule has 0 bridgehead atoms. The molecule has 1 N–H and O–H groups in total. The van der Waals surface area contributed by atoms with Gasteiger partial charge in [0, 0.05) is 17.5 Å². The molecule has 0 aromatic heterocycles. The van der Waals surface area contributed by atoms with E-state index in [2.05, 4.69) is 26.8 Å². The minimum atomic E-state index is -0.173. The number of ether oxygens (including phenoxy) is 1. The van der Waals surface area contributed by atoms with Crippen molar-refractivity contribution in [2.24, 2.45) is 40.9 Å². The molecule has 1 heterocycles. The van der Waals surface area contributed by atoms with Crippen LogP contribution in [0.15, 0.2) is 11.6 Å². The van der Waals surface area contributed by atoms with E-state index in [9.17, 15) is 4.79 Å². The van der Waals surface area contributed by atoms with Gasteiger partial charge in [0.15, 0.2) is 0 Å². The van der Waals surface area contributed by atoms with E-state index in [1.165, 1.54) is 25.7 Å². The predicted molar refractivity (Wildman–Crippen MR) is 102 cm³/mol. The number of fused-ring (bicyclic) bond motifs is 6. The Morgan fingerprint density at radius 2 is 1.96 bits per heavy atom. The first kappa shape index (κ1) is 17.0. The van der Waals surface area contributed by atoms with E-state index in [0.29, 0.717) is 30.1 Å². The third kappa shape index (κ3) is 2.06. The smallest absolute Gasteiger partial charge is 0.306 e. The van der Waals surface area contributed by atoms with Gasteiger partial charge in [-0.3, -0.25) is 4.79 Å². The van der Waals surface area contributed by atoms with Crippen LogP contribution in [0, 0.1) is 46.3 Å². The second-order valence-corrected chi connectivity index (χ2v) is 10.4. The van der Waals surface area contributed by atoms with Crippen LogP contribution in [0.1, 0.15) is 72.1 Å². The van der Waals surface area contributed by atoms with Crippen LogP contribution >= 0.6 is 0 Å². The normalized spacial score (nSPS) is 53.0. The summed E-state index contributed by atoms with van der Waals surface area (Å²) in [6, 6.07) is 0. The number of rotatable bonds is 0. The summed E-state index contributed by atoms with van der Waals surface area (Å²) in [7, 11) is 0. The average Bonchev–Trinajstić information content (AvgIpc) is 3.06. The van der Waals surface area contributed by atoms with Gasteiger partial charge in [0.2, 0.25) is 0 Å². The summed E-state index contributed by atoms with van der Waals surface area (Å²) in [4.78, 5) is 12.0. The van der Waals surface area contributed by atoms with E-state index >= 15 is 0 Å². The molecule has 5 rings (SSSR count). The van der Waals surface area contributed by atoms with Gasteiger partial charge in [-0.2, -0.15) is 0 Å². The fourth-order valence-corrected chi connectivity index (χ4v) is 8.41. The molecule has 0 aromatic carbocycles. The molecule has 3 heteroatoms. The topological polar surface area (TPSA) is 50.2 Å². The molecule has 4 aliphatic carbocycles. The molecule has 1 spiro atoms. The highest BCUT2D eigenvalue weighted by Gasteiger charge is 2.68. The van der Waals surface area contributed by atoms with Crippen molar-refractivity contribution in [2.45, 2.75) is 77.7 Å². The Bertz CT molecular complexity index is 696. The molecular formula is C23H33NO2. The van der Waals surface area contributed by atoms with E-state index in [4.69, 9.17) is 10.1 Å². The molecular weight excluding hydrogens is 322 g/mol. The molecule has 5 aliphatic rings. The highest BCUT2D eigenvalue weighted by Crippen LogP contribution is 2.69. The zero-order chi connectivity index (χ0) is 18.3. The van der Waals surface area contributed by atoms with Crippen LogP contribution in [0.5, 0.6) is 0 Å². The number of nitrogens with one attached hydrogen (secondary N) is 1. The number of hydrogen-bond donors (Lipinski definition) is 1. The minimum absolute atomic E-state index is 0.0363. The SMILES string of the molecule is CC1CC2C(CCC3(C)C2C(C)CC32CCC(=O)O2)C2CCC(=N)C=C12. The van der Waals surface area contributed by atoms with E-state index in [1.54, 1.807) is 5.57 Å². The van der Waals surface area contributed by atoms with Gasteiger partial charge in [0.1, 0.15) is 5.60 Å². The molecule has 142 valence electrons. The standard InChI is InChI=1S/C23H33NO2/c1-13-10-19-17(16-5-4-15(24)11-18(13)16)6-8-22(3)21(19)14(2)12-23(22)9-7-20(25)26-23/h11,13-14,16-17,19,21,24H,4-10,12H2,1-3H3. The van der Waals surface area contributed by atoms with Crippen LogP contribution in [0.2, 0.25) is 0 Å². The third-order valence-corrected chi connectivity index (χ3v) is 9.30. The monoisotopic (exact) mass is 355 g/mol. The van der Waals surface area contributed by atoms with Crippen LogP contribution in [0.4, 0.5) is 0 Å². The fraction of sp³-hybridized carbons (Fsp3) is 0.826. The van der Waals surface area contributed by atoms with Gasteiger partial charge in [-0.15, -0.1) is 0 Å². The maximum atomic E-state index is 12.0. The van der Waals surface area contributed by atoms with E-state index in [-0.39, 0.29) is 17.0 Å². The molecule has 1 aliphatic heterocycles. The maximum Gasteiger partial charge on any atom is 0.306 e. The van der Waals surface area contributed by atoms with Crippen molar-refractivity contribution in [1.82, 2.24) is 0 Å².